The van der Waals surface area contributed by atoms with E-state index in [2.05, 4.69) is 72.4 Å². The first kappa shape index (κ1) is 25.6. The van der Waals surface area contributed by atoms with E-state index in [-0.39, 0.29) is 0 Å². The van der Waals surface area contributed by atoms with Crippen LogP contribution in [0.2, 0.25) is 12.6 Å². The third-order valence-electron chi connectivity index (χ3n) is 4.58. The average molecular weight is 476 g/mol. The summed E-state index contributed by atoms with van der Waals surface area (Å²) in [6.07, 6.45) is 28.5. The van der Waals surface area contributed by atoms with Crippen LogP contribution >= 0.6 is 34.2 Å². The summed E-state index contributed by atoms with van der Waals surface area (Å²) in [5.41, 5.74) is 0. The van der Waals surface area contributed by atoms with Crippen LogP contribution < -0.4 is 0 Å². The topological polar surface area (TPSA) is 0 Å². The highest BCUT2D eigenvalue weighted by Crippen LogP contribution is 2.22. The fourth-order valence-electron chi connectivity index (χ4n) is 3.05. The molecule has 0 aromatic heterocycles. The van der Waals surface area contributed by atoms with Gasteiger partial charge in [0, 0.05) is 4.43 Å². The second-order valence-corrected chi connectivity index (χ2v) is 9.48. The van der Waals surface area contributed by atoms with Gasteiger partial charge in [-0.05, 0) is 18.6 Å². The minimum Gasteiger partial charge on any atom is -0.209 e. The van der Waals surface area contributed by atoms with Gasteiger partial charge in [-0.3, -0.25) is 0 Å². The van der Waals surface area contributed by atoms with Crippen LogP contribution in [0, 0.1) is 0 Å². The van der Waals surface area contributed by atoms with Crippen molar-refractivity contribution < 1.29 is 0 Å². The largest absolute Gasteiger partial charge is 0.209 e. The Morgan fingerprint density at radius 1 is 0.760 bits per heavy atom. The van der Waals surface area contributed by atoms with Crippen LogP contribution in [-0.4, -0.2) is 16.2 Å². The van der Waals surface area contributed by atoms with Crippen molar-refractivity contribution in [2.24, 2.45) is 0 Å². The van der Waals surface area contributed by atoms with Gasteiger partial charge in [0.05, 0.1) is 0 Å². The molecule has 0 spiro atoms. The first-order valence-electron chi connectivity index (χ1n) is 10.8. The van der Waals surface area contributed by atoms with E-state index in [0.29, 0.717) is 0 Å². The third kappa shape index (κ3) is 20.8. The van der Waals surface area contributed by atoms with Gasteiger partial charge in [-0.25, -0.2) is 11.6 Å². The van der Waals surface area contributed by atoms with Crippen molar-refractivity contribution in [2.75, 3.05) is 10.2 Å². The molecule has 3 heteroatoms. The molecular weight excluding hydrogens is 434 g/mol. The van der Waals surface area contributed by atoms with Crippen LogP contribution in [-0.2, 0) is 0 Å². The predicted molar refractivity (Wildman–Crippen MR) is 132 cm³/mol. The first-order chi connectivity index (χ1) is 12.3. The molecule has 0 radical (unpaired) electrons. The van der Waals surface area contributed by atoms with Gasteiger partial charge in [0.1, 0.15) is 0 Å². The normalized spacial score (nSPS) is 11.8. The zero-order valence-electron chi connectivity index (χ0n) is 17.0. The summed E-state index contributed by atoms with van der Waals surface area (Å²) >= 11 is 4.75. The lowest BCUT2D eigenvalue weighted by Gasteiger charge is -2.12. The van der Waals surface area contributed by atoms with E-state index < -0.39 is 0 Å². The van der Waals surface area contributed by atoms with Crippen LogP contribution in [0.25, 0.3) is 0 Å². The maximum atomic E-state index is 2.52. The Labute approximate surface area is 177 Å². The number of hydrogen-bond donors (Lipinski definition) is 0. The Balaban J connectivity index is 3.67. The summed E-state index contributed by atoms with van der Waals surface area (Å²) in [6.45, 7) is 4.48. The maximum Gasteiger partial charge on any atom is 0.209 e. The van der Waals surface area contributed by atoms with Crippen molar-refractivity contribution >= 4 is 40.2 Å². The number of unbranched alkanes of at least 4 members (excludes halogenated alkanes) is 9. The summed E-state index contributed by atoms with van der Waals surface area (Å²) in [5, 5.41) is 0. The molecule has 0 aliphatic heterocycles. The Hall–Kier alpha value is 0.625. The van der Waals surface area contributed by atoms with Gasteiger partial charge in [0.25, 0.3) is 0 Å². The first-order valence-corrected chi connectivity index (χ1v) is 13.4. The summed E-state index contributed by atoms with van der Waals surface area (Å²) in [5.74, 6) is 2.25. The standard InChI is InChI=1S/C22H42BIS/c1-3-5-7-9-11-13-15-17-19-23(25-22-21-24)20-18-16-14-12-10-8-6-4-2/h5,7,9,11H,3-4,6,8,10,12-22H2,1-2H3/b7-5+,11-9+. The lowest BCUT2D eigenvalue weighted by Crippen LogP contribution is -2.09. The van der Waals surface area contributed by atoms with E-state index in [4.69, 9.17) is 0 Å². The molecule has 0 saturated heterocycles. The van der Waals surface area contributed by atoms with Gasteiger partial charge in [0.15, 0.2) is 0 Å². The second kappa shape index (κ2) is 22.7. The summed E-state index contributed by atoms with van der Waals surface area (Å²) < 4.78 is 1.29. The molecule has 0 aromatic rings. The zero-order chi connectivity index (χ0) is 18.4. The molecular formula is C22H42BIS. The van der Waals surface area contributed by atoms with Gasteiger partial charge in [-0.2, -0.15) is 0 Å². The Morgan fingerprint density at radius 2 is 1.36 bits per heavy atom. The molecule has 0 rings (SSSR count). The number of alkyl halides is 1. The molecule has 0 aliphatic carbocycles. The van der Waals surface area contributed by atoms with Crippen LogP contribution in [0.5, 0.6) is 0 Å². The van der Waals surface area contributed by atoms with Gasteiger partial charge in [0.2, 0.25) is 5.99 Å². The summed E-state index contributed by atoms with van der Waals surface area (Å²) in [6, 6.07) is 0. The predicted octanol–water partition coefficient (Wildman–Crippen LogP) is 8.98. The van der Waals surface area contributed by atoms with E-state index in [1.807, 2.05) is 0 Å². The van der Waals surface area contributed by atoms with Crippen LogP contribution in [0.4, 0.5) is 0 Å². The van der Waals surface area contributed by atoms with Gasteiger partial charge < -0.3 is 0 Å². The monoisotopic (exact) mass is 476 g/mol. The maximum absolute atomic E-state index is 2.52. The molecule has 0 amide bonds. The van der Waals surface area contributed by atoms with Gasteiger partial charge in [-0.15, -0.1) is 0 Å². The quantitative estimate of drug-likeness (QED) is 0.0590. The molecule has 0 heterocycles. The number of rotatable bonds is 19. The van der Waals surface area contributed by atoms with Gasteiger partial charge in [-0.1, -0.05) is 138 Å². The fraction of sp³-hybridized carbons (Fsp3) is 0.818. The molecule has 0 aliphatic rings. The molecule has 0 nitrogen and oxygen atoms in total. The van der Waals surface area contributed by atoms with Gasteiger partial charge >= 0.3 is 0 Å². The Bertz CT molecular complexity index is 304. The minimum absolute atomic E-state index is 0.916. The van der Waals surface area contributed by atoms with Crippen molar-refractivity contribution in [3.63, 3.8) is 0 Å². The van der Waals surface area contributed by atoms with Crippen LogP contribution in [0.1, 0.15) is 90.9 Å². The zero-order valence-corrected chi connectivity index (χ0v) is 20.0. The van der Waals surface area contributed by atoms with Crippen LogP contribution in [0.15, 0.2) is 24.3 Å². The summed E-state index contributed by atoms with van der Waals surface area (Å²) in [4.78, 5) is 0. The van der Waals surface area contributed by atoms with Crippen LogP contribution in [0.3, 0.4) is 0 Å². The molecule has 146 valence electrons. The smallest absolute Gasteiger partial charge is 0.209 e. The Kier molecular flexibility index (Phi) is 23.2. The fourth-order valence-corrected chi connectivity index (χ4v) is 4.90. The SMILES string of the molecule is CC/C=C/C=C/CCCCB(CCCCCCCCCC)SCCI. The van der Waals surface area contributed by atoms with Crippen molar-refractivity contribution in [2.45, 2.75) is 104 Å². The minimum atomic E-state index is 0.916. The molecule has 0 saturated carbocycles. The van der Waals surface area contributed by atoms with Crippen molar-refractivity contribution in [3.05, 3.63) is 24.3 Å². The Morgan fingerprint density at radius 3 is 2.00 bits per heavy atom. The van der Waals surface area contributed by atoms with E-state index in [9.17, 15) is 0 Å². The van der Waals surface area contributed by atoms with E-state index >= 15 is 0 Å². The second-order valence-electron chi connectivity index (χ2n) is 6.99. The molecule has 25 heavy (non-hydrogen) atoms. The average Bonchev–Trinajstić information content (AvgIpc) is 2.63. The van der Waals surface area contributed by atoms with Crippen molar-refractivity contribution in [1.29, 1.82) is 0 Å². The molecule has 0 bridgehead atoms. The highest BCUT2D eigenvalue weighted by atomic mass is 127. The lowest BCUT2D eigenvalue weighted by molar-refractivity contribution is 0.584. The molecule has 0 atom stereocenters. The van der Waals surface area contributed by atoms with Crippen molar-refractivity contribution in [3.8, 4) is 0 Å². The van der Waals surface area contributed by atoms with E-state index in [1.165, 1.54) is 93.4 Å². The highest BCUT2D eigenvalue weighted by molar-refractivity contribution is 14.1. The molecule has 0 fully saturated rings. The molecule has 0 unspecified atom stereocenters. The molecule has 0 N–H and O–H groups in total. The van der Waals surface area contributed by atoms with Crippen molar-refractivity contribution in [1.82, 2.24) is 0 Å². The van der Waals surface area contributed by atoms with E-state index in [1.54, 1.807) is 0 Å². The highest BCUT2D eigenvalue weighted by Gasteiger charge is 2.13. The molecule has 0 aromatic carbocycles. The number of halogens is 1. The number of hydrogen-bond acceptors (Lipinski definition) is 1. The number of allylic oxidation sites excluding steroid dienone is 4. The summed E-state index contributed by atoms with van der Waals surface area (Å²) in [7, 11) is 0. The third-order valence-corrected chi connectivity index (χ3v) is 7.23. The lowest BCUT2D eigenvalue weighted by atomic mass is 9.66. The van der Waals surface area contributed by atoms with E-state index in [0.717, 1.165) is 12.4 Å².